The molecule has 1 aromatic carbocycles. The van der Waals surface area contributed by atoms with Gasteiger partial charge in [-0.1, -0.05) is 12.1 Å². The van der Waals surface area contributed by atoms with E-state index < -0.39 is 6.10 Å². The van der Waals surface area contributed by atoms with E-state index in [1.54, 1.807) is 6.20 Å². The van der Waals surface area contributed by atoms with Gasteiger partial charge in [-0.25, -0.2) is 0 Å². The molecule has 0 radical (unpaired) electrons. The summed E-state index contributed by atoms with van der Waals surface area (Å²) < 4.78 is 5.58. The Morgan fingerprint density at radius 1 is 1.29 bits per heavy atom. The Morgan fingerprint density at radius 2 is 2.14 bits per heavy atom. The van der Waals surface area contributed by atoms with Gasteiger partial charge in [-0.2, -0.15) is 0 Å². The minimum Gasteiger partial charge on any atom is -0.491 e. The van der Waals surface area contributed by atoms with Gasteiger partial charge in [0.2, 0.25) is 0 Å². The van der Waals surface area contributed by atoms with Gasteiger partial charge in [0.1, 0.15) is 18.5 Å². The highest BCUT2D eigenvalue weighted by Gasteiger charge is 2.06. The Labute approximate surface area is 125 Å². The molecule has 0 spiro atoms. The van der Waals surface area contributed by atoms with Crippen molar-refractivity contribution in [3.63, 3.8) is 0 Å². The Morgan fingerprint density at radius 3 is 2.90 bits per heavy atom. The molecule has 1 atom stereocenters. The summed E-state index contributed by atoms with van der Waals surface area (Å²) in [6, 6.07) is 9.80. The summed E-state index contributed by atoms with van der Waals surface area (Å²) in [4.78, 5) is 4.06. The van der Waals surface area contributed by atoms with Crippen molar-refractivity contribution in [1.82, 2.24) is 10.3 Å². The number of nitrogens with zero attached hydrogens (tertiary/aromatic N) is 1. The molecule has 1 heterocycles. The highest BCUT2D eigenvalue weighted by Crippen LogP contribution is 2.12. The molecule has 2 N–H and O–H groups in total. The number of benzene rings is 1. The van der Waals surface area contributed by atoms with Gasteiger partial charge in [0.25, 0.3) is 0 Å². The molecule has 0 saturated carbocycles. The Hall–Kier alpha value is -1.91. The lowest BCUT2D eigenvalue weighted by Crippen LogP contribution is -2.31. The third kappa shape index (κ3) is 5.17. The van der Waals surface area contributed by atoms with Crippen LogP contribution in [0.2, 0.25) is 0 Å². The largest absolute Gasteiger partial charge is 0.491 e. The smallest absolute Gasteiger partial charge is 0.119 e. The van der Waals surface area contributed by atoms with E-state index in [-0.39, 0.29) is 6.61 Å². The van der Waals surface area contributed by atoms with E-state index in [9.17, 15) is 5.11 Å². The van der Waals surface area contributed by atoms with Crippen LogP contribution in [0.4, 0.5) is 0 Å². The normalized spacial score (nSPS) is 12.1. The summed E-state index contributed by atoms with van der Waals surface area (Å²) in [6.07, 6.45) is 3.09. The van der Waals surface area contributed by atoms with E-state index in [0.717, 1.165) is 23.4 Å². The van der Waals surface area contributed by atoms with Crippen molar-refractivity contribution in [2.75, 3.05) is 13.2 Å². The molecule has 0 aliphatic rings. The van der Waals surface area contributed by atoms with E-state index in [4.69, 9.17) is 4.74 Å². The molecule has 2 aromatic rings. The minimum atomic E-state index is -0.535. The van der Waals surface area contributed by atoms with Gasteiger partial charge in [0, 0.05) is 25.5 Å². The van der Waals surface area contributed by atoms with Crippen LogP contribution in [0.15, 0.2) is 42.7 Å². The van der Waals surface area contributed by atoms with Crippen LogP contribution in [0.3, 0.4) is 0 Å². The molecule has 0 amide bonds. The lowest BCUT2D eigenvalue weighted by molar-refractivity contribution is 0.106. The molecule has 0 fully saturated rings. The topological polar surface area (TPSA) is 54.4 Å². The first-order valence-corrected chi connectivity index (χ1v) is 7.13. The number of aliphatic hydroxyl groups excluding tert-OH is 1. The van der Waals surface area contributed by atoms with Crippen molar-refractivity contribution in [3.8, 4) is 5.75 Å². The lowest BCUT2D eigenvalue weighted by Gasteiger charge is -2.14. The van der Waals surface area contributed by atoms with Crippen LogP contribution in [0, 0.1) is 13.8 Å². The first kappa shape index (κ1) is 15.5. The van der Waals surface area contributed by atoms with Crippen LogP contribution >= 0.6 is 0 Å². The van der Waals surface area contributed by atoms with Crippen LogP contribution in [0.25, 0.3) is 0 Å². The van der Waals surface area contributed by atoms with Gasteiger partial charge in [-0.05, 0) is 48.7 Å². The summed E-state index contributed by atoms with van der Waals surface area (Å²) in [5.41, 5.74) is 3.49. The standard InChI is InChI=1S/C17H22N2O2/c1-13-4-3-5-17(8-13)21-12-16(20)11-19-10-15-6-7-18-9-14(15)2/h3-9,16,19-20H,10-12H2,1-2H3. The number of hydrogen-bond acceptors (Lipinski definition) is 4. The molecule has 112 valence electrons. The Balaban J connectivity index is 1.70. The molecular formula is C17H22N2O2. The minimum absolute atomic E-state index is 0.284. The second-order valence-electron chi connectivity index (χ2n) is 5.21. The third-order valence-corrected chi connectivity index (χ3v) is 3.26. The third-order valence-electron chi connectivity index (χ3n) is 3.26. The van der Waals surface area contributed by atoms with E-state index >= 15 is 0 Å². The fourth-order valence-corrected chi connectivity index (χ4v) is 2.03. The zero-order valence-electron chi connectivity index (χ0n) is 12.5. The van der Waals surface area contributed by atoms with Gasteiger partial charge in [-0.15, -0.1) is 0 Å². The van der Waals surface area contributed by atoms with Crippen molar-refractivity contribution in [2.45, 2.75) is 26.5 Å². The molecule has 0 aliphatic heterocycles. The van der Waals surface area contributed by atoms with Crippen molar-refractivity contribution < 1.29 is 9.84 Å². The van der Waals surface area contributed by atoms with Crippen LogP contribution in [0.5, 0.6) is 5.75 Å². The van der Waals surface area contributed by atoms with Crippen LogP contribution in [-0.4, -0.2) is 29.3 Å². The van der Waals surface area contributed by atoms with Crippen molar-refractivity contribution in [2.24, 2.45) is 0 Å². The number of aliphatic hydroxyl groups is 1. The maximum absolute atomic E-state index is 9.93. The fraction of sp³-hybridized carbons (Fsp3) is 0.353. The number of rotatable bonds is 7. The predicted molar refractivity (Wildman–Crippen MR) is 83.4 cm³/mol. The predicted octanol–water partition coefficient (Wildman–Crippen LogP) is 2.23. The van der Waals surface area contributed by atoms with Crippen molar-refractivity contribution >= 4 is 0 Å². The van der Waals surface area contributed by atoms with E-state index in [0.29, 0.717) is 6.54 Å². The Kier molecular flexibility index (Phi) is 5.72. The van der Waals surface area contributed by atoms with Gasteiger partial charge in [0.05, 0.1) is 0 Å². The number of pyridine rings is 1. The highest BCUT2D eigenvalue weighted by molar-refractivity contribution is 5.27. The van der Waals surface area contributed by atoms with E-state index in [2.05, 4.69) is 10.3 Å². The zero-order chi connectivity index (χ0) is 15.1. The summed E-state index contributed by atoms with van der Waals surface area (Å²) in [6.45, 7) is 5.54. The van der Waals surface area contributed by atoms with Crippen LogP contribution in [0.1, 0.15) is 16.7 Å². The van der Waals surface area contributed by atoms with Gasteiger partial charge < -0.3 is 15.2 Å². The average molecular weight is 286 g/mol. The fourth-order valence-electron chi connectivity index (χ4n) is 2.03. The maximum atomic E-state index is 9.93. The highest BCUT2D eigenvalue weighted by atomic mass is 16.5. The van der Waals surface area contributed by atoms with Gasteiger partial charge in [0.15, 0.2) is 0 Å². The summed E-state index contributed by atoms with van der Waals surface area (Å²) in [5.74, 6) is 0.791. The first-order chi connectivity index (χ1) is 10.1. The number of hydrogen-bond donors (Lipinski definition) is 2. The second-order valence-corrected chi connectivity index (χ2v) is 5.21. The SMILES string of the molecule is Cc1cccc(OCC(O)CNCc2ccncc2C)c1. The summed E-state index contributed by atoms with van der Waals surface area (Å²) in [7, 11) is 0. The number of ether oxygens (including phenoxy) is 1. The zero-order valence-corrected chi connectivity index (χ0v) is 12.5. The first-order valence-electron chi connectivity index (χ1n) is 7.13. The number of nitrogens with one attached hydrogen (secondary N) is 1. The molecule has 0 aliphatic carbocycles. The van der Waals surface area contributed by atoms with Crippen molar-refractivity contribution in [1.29, 1.82) is 0 Å². The summed E-state index contributed by atoms with van der Waals surface area (Å²) >= 11 is 0. The lowest BCUT2D eigenvalue weighted by atomic mass is 10.1. The van der Waals surface area contributed by atoms with Crippen LogP contribution in [-0.2, 0) is 6.54 Å². The van der Waals surface area contributed by atoms with Gasteiger partial charge >= 0.3 is 0 Å². The quantitative estimate of drug-likeness (QED) is 0.819. The van der Waals surface area contributed by atoms with E-state index in [1.165, 1.54) is 5.56 Å². The molecule has 1 aromatic heterocycles. The molecule has 21 heavy (non-hydrogen) atoms. The Bertz CT molecular complexity index is 572. The number of aryl methyl sites for hydroxylation is 2. The molecule has 0 saturated heterocycles. The van der Waals surface area contributed by atoms with Gasteiger partial charge in [-0.3, -0.25) is 4.98 Å². The molecule has 2 rings (SSSR count). The maximum Gasteiger partial charge on any atom is 0.119 e. The molecule has 0 bridgehead atoms. The monoisotopic (exact) mass is 286 g/mol. The van der Waals surface area contributed by atoms with E-state index in [1.807, 2.05) is 50.4 Å². The molecule has 4 nitrogen and oxygen atoms in total. The molecule has 4 heteroatoms. The molecule has 1 unspecified atom stereocenters. The molecular weight excluding hydrogens is 264 g/mol. The second kappa shape index (κ2) is 7.76. The summed E-state index contributed by atoms with van der Waals surface area (Å²) in [5, 5.41) is 13.2. The van der Waals surface area contributed by atoms with Crippen molar-refractivity contribution in [3.05, 3.63) is 59.4 Å². The number of aromatic nitrogens is 1. The van der Waals surface area contributed by atoms with Crippen LogP contribution < -0.4 is 10.1 Å². The average Bonchev–Trinajstić information content (AvgIpc) is 2.47.